The average Bonchev–Trinajstić information content (AvgIpc) is 3.23. The molecule has 2 rings (SSSR count). The Labute approximate surface area is 133 Å². The lowest BCUT2D eigenvalue weighted by molar-refractivity contribution is -0.121. The minimum Gasteiger partial charge on any atom is -0.352 e. The molecule has 0 bridgehead atoms. The third-order valence-corrected chi connectivity index (χ3v) is 5.87. The normalized spacial score (nSPS) is 20.8. The molecule has 1 heterocycles. The Balaban J connectivity index is 0.00000220. The van der Waals surface area contributed by atoms with Crippen LogP contribution in [0.4, 0.5) is 0 Å². The van der Waals surface area contributed by atoms with Crippen LogP contribution in [0.25, 0.3) is 0 Å². The number of piperidine rings is 1. The molecule has 124 valence electrons. The second-order valence-corrected chi connectivity index (χ2v) is 7.97. The maximum absolute atomic E-state index is 11.7. The topological polar surface area (TPSA) is 78.5 Å². The van der Waals surface area contributed by atoms with Gasteiger partial charge in [0.2, 0.25) is 15.9 Å². The van der Waals surface area contributed by atoms with Gasteiger partial charge in [-0.05, 0) is 45.1 Å². The number of sulfonamides is 1. The van der Waals surface area contributed by atoms with Crippen LogP contribution in [0.2, 0.25) is 0 Å². The number of carbonyl (C=O) groups is 1. The fourth-order valence-corrected chi connectivity index (χ4v) is 3.58. The van der Waals surface area contributed by atoms with Crippen LogP contribution < -0.4 is 10.6 Å². The van der Waals surface area contributed by atoms with E-state index in [-0.39, 0.29) is 30.1 Å². The van der Waals surface area contributed by atoms with Gasteiger partial charge in [0, 0.05) is 19.1 Å². The largest absolute Gasteiger partial charge is 0.352 e. The van der Waals surface area contributed by atoms with Gasteiger partial charge < -0.3 is 10.6 Å². The van der Waals surface area contributed by atoms with Crippen molar-refractivity contribution in [3.05, 3.63) is 0 Å². The summed E-state index contributed by atoms with van der Waals surface area (Å²) in [5.41, 5.74) is 0. The van der Waals surface area contributed by atoms with E-state index in [9.17, 15) is 13.2 Å². The van der Waals surface area contributed by atoms with Gasteiger partial charge in [-0.25, -0.2) is 12.7 Å². The molecule has 21 heavy (non-hydrogen) atoms. The lowest BCUT2D eigenvalue weighted by atomic mass is 10.1. The third kappa shape index (κ3) is 6.10. The Kier molecular flexibility index (Phi) is 7.39. The first-order valence-electron chi connectivity index (χ1n) is 7.49. The predicted molar refractivity (Wildman–Crippen MR) is 85.0 cm³/mol. The van der Waals surface area contributed by atoms with Gasteiger partial charge in [0.15, 0.2) is 0 Å². The monoisotopic (exact) mass is 339 g/mol. The van der Waals surface area contributed by atoms with E-state index in [4.69, 9.17) is 0 Å². The molecule has 1 aliphatic carbocycles. The maximum atomic E-state index is 11.7. The second kappa shape index (κ2) is 8.31. The van der Waals surface area contributed by atoms with E-state index in [1.165, 1.54) is 17.1 Å². The molecule has 1 aliphatic heterocycles. The second-order valence-electron chi connectivity index (χ2n) is 5.72. The van der Waals surface area contributed by atoms with E-state index in [1.54, 1.807) is 6.92 Å². The molecule has 2 aliphatic rings. The van der Waals surface area contributed by atoms with Crippen LogP contribution in [0, 0.1) is 5.92 Å². The number of rotatable bonds is 7. The first kappa shape index (κ1) is 18.7. The summed E-state index contributed by atoms with van der Waals surface area (Å²) >= 11 is 0. The molecule has 6 nitrogen and oxygen atoms in total. The fraction of sp³-hybridized carbons (Fsp3) is 0.923. The zero-order valence-electron chi connectivity index (χ0n) is 12.5. The van der Waals surface area contributed by atoms with Crippen molar-refractivity contribution in [3.63, 3.8) is 0 Å². The first-order chi connectivity index (χ1) is 9.51. The maximum Gasteiger partial charge on any atom is 0.234 e. The summed E-state index contributed by atoms with van der Waals surface area (Å²) in [5, 5.41) is 6.14. The summed E-state index contributed by atoms with van der Waals surface area (Å²) < 4.78 is 25.0. The quantitative estimate of drug-likeness (QED) is 0.701. The molecule has 0 radical (unpaired) electrons. The van der Waals surface area contributed by atoms with Crippen molar-refractivity contribution in [2.75, 3.05) is 31.9 Å². The van der Waals surface area contributed by atoms with E-state index >= 15 is 0 Å². The lowest BCUT2D eigenvalue weighted by Crippen LogP contribution is -2.48. The van der Waals surface area contributed by atoms with Crippen molar-refractivity contribution in [2.24, 2.45) is 5.92 Å². The van der Waals surface area contributed by atoms with Gasteiger partial charge in [-0.3, -0.25) is 4.79 Å². The molecular formula is C13H26ClN3O3S. The van der Waals surface area contributed by atoms with Crippen molar-refractivity contribution in [1.29, 1.82) is 0 Å². The molecular weight excluding hydrogens is 314 g/mol. The highest BCUT2D eigenvalue weighted by Gasteiger charge is 2.27. The van der Waals surface area contributed by atoms with Crippen molar-refractivity contribution in [3.8, 4) is 0 Å². The van der Waals surface area contributed by atoms with E-state index in [1.807, 2.05) is 0 Å². The zero-order valence-corrected chi connectivity index (χ0v) is 14.1. The molecule has 1 saturated heterocycles. The van der Waals surface area contributed by atoms with Crippen LogP contribution in [-0.4, -0.2) is 56.6 Å². The molecule has 1 saturated carbocycles. The van der Waals surface area contributed by atoms with E-state index in [0.29, 0.717) is 32.5 Å². The highest BCUT2D eigenvalue weighted by atomic mass is 35.5. The van der Waals surface area contributed by atoms with Gasteiger partial charge >= 0.3 is 0 Å². The summed E-state index contributed by atoms with van der Waals surface area (Å²) in [6.07, 6.45) is 3.96. The first-order valence-corrected chi connectivity index (χ1v) is 9.10. The molecule has 2 N–H and O–H groups in total. The van der Waals surface area contributed by atoms with Gasteiger partial charge in [0.1, 0.15) is 0 Å². The fourth-order valence-electron chi connectivity index (χ4n) is 2.45. The Bertz CT molecular complexity index is 432. The molecule has 0 aromatic heterocycles. The van der Waals surface area contributed by atoms with Crippen molar-refractivity contribution in [1.82, 2.24) is 14.9 Å². The standard InChI is InChI=1S/C13H25N3O3S.ClH/c1-2-20(18,19)16-7-5-12(6-8-16)15-13(17)10-14-9-11-3-4-11;/h11-12,14H,2-10H2,1H3,(H,15,17);1H. The molecule has 0 aromatic carbocycles. The predicted octanol–water partition coefficient (Wildman–Crippen LogP) is 0.338. The van der Waals surface area contributed by atoms with Gasteiger partial charge in [-0.15, -0.1) is 12.4 Å². The molecule has 0 spiro atoms. The number of hydrogen-bond acceptors (Lipinski definition) is 4. The Morgan fingerprint density at radius 1 is 1.19 bits per heavy atom. The van der Waals surface area contributed by atoms with Gasteiger partial charge in [-0.2, -0.15) is 0 Å². The number of nitrogens with one attached hydrogen (secondary N) is 2. The highest BCUT2D eigenvalue weighted by Crippen LogP contribution is 2.27. The minimum absolute atomic E-state index is 0. The number of halogens is 1. The summed E-state index contributed by atoms with van der Waals surface area (Å²) in [6.45, 7) is 3.98. The van der Waals surface area contributed by atoms with Gasteiger partial charge in [0.25, 0.3) is 0 Å². The van der Waals surface area contributed by atoms with Crippen LogP contribution in [0.1, 0.15) is 32.6 Å². The summed E-state index contributed by atoms with van der Waals surface area (Å²) in [6, 6.07) is 0.105. The Hall–Kier alpha value is -0.370. The van der Waals surface area contributed by atoms with E-state index in [0.717, 1.165) is 12.5 Å². The van der Waals surface area contributed by atoms with Crippen LogP contribution in [0.5, 0.6) is 0 Å². The van der Waals surface area contributed by atoms with E-state index < -0.39 is 10.0 Å². The van der Waals surface area contributed by atoms with E-state index in [2.05, 4.69) is 10.6 Å². The third-order valence-electron chi connectivity index (χ3n) is 3.99. The Morgan fingerprint density at radius 2 is 1.81 bits per heavy atom. The minimum atomic E-state index is -3.08. The van der Waals surface area contributed by atoms with Crippen LogP contribution in [0.15, 0.2) is 0 Å². The zero-order chi connectivity index (χ0) is 14.6. The number of hydrogen-bond donors (Lipinski definition) is 2. The molecule has 0 atom stereocenters. The average molecular weight is 340 g/mol. The Morgan fingerprint density at radius 3 is 2.33 bits per heavy atom. The SMILES string of the molecule is CCS(=O)(=O)N1CCC(NC(=O)CNCC2CC2)CC1.Cl. The summed E-state index contributed by atoms with van der Waals surface area (Å²) in [5.74, 6) is 0.933. The smallest absolute Gasteiger partial charge is 0.234 e. The van der Waals surface area contributed by atoms with Crippen LogP contribution in [-0.2, 0) is 14.8 Å². The molecule has 2 fully saturated rings. The molecule has 0 unspecified atom stereocenters. The molecule has 1 amide bonds. The molecule has 8 heteroatoms. The van der Waals surface area contributed by atoms with Crippen LogP contribution >= 0.6 is 12.4 Å². The lowest BCUT2D eigenvalue weighted by Gasteiger charge is -2.31. The molecule has 0 aromatic rings. The van der Waals surface area contributed by atoms with Gasteiger partial charge in [0.05, 0.1) is 12.3 Å². The number of amides is 1. The highest BCUT2D eigenvalue weighted by molar-refractivity contribution is 7.89. The van der Waals surface area contributed by atoms with Crippen LogP contribution in [0.3, 0.4) is 0 Å². The summed E-state index contributed by atoms with van der Waals surface area (Å²) in [4.78, 5) is 11.7. The summed E-state index contributed by atoms with van der Waals surface area (Å²) in [7, 11) is -3.08. The van der Waals surface area contributed by atoms with Gasteiger partial charge in [-0.1, -0.05) is 0 Å². The number of carbonyl (C=O) groups excluding carboxylic acids is 1. The van der Waals surface area contributed by atoms with Crippen molar-refractivity contribution < 1.29 is 13.2 Å². The van der Waals surface area contributed by atoms with Crippen molar-refractivity contribution in [2.45, 2.75) is 38.6 Å². The van der Waals surface area contributed by atoms with Crippen molar-refractivity contribution >= 4 is 28.3 Å². The number of nitrogens with zero attached hydrogens (tertiary/aromatic N) is 1.